The third-order valence-corrected chi connectivity index (χ3v) is 4.99. The first-order valence-electron chi connectivity index (χ1n) is 10.4. The average molecular weight is 520 g/mol. The van der Waals surface area contributed by atoms with Crippen LogP contribution in [0.2, 0.25) is 0 Å². The fourth-order valence-electron chi connectivity index (χ4n) is 2.88. The van der Waals surface area contributed by atoms with Crippen LogP contribution in [0.1, 0.15) is 12.5 Å². The van der Waals surface area contributed by atoms with E-state index in [1.54, 1.807) is 60.7 Å². The molecular formula is C26H22BrN3O4. The molecule has 0 fully saturated rings. The summed E-state index contributed by atoms with van der Waals surface area (Å²) < 4.78 is 11.9. The van der Waals surface area contributed by atoms with Gasteiger partial charge >= 0.3 is 0 Å². The molecular weight excluding hydrogens is 498 g/mol. The number of hydrogen-bond acceptors (Lipinski definition) is 5. The van der Waals surface area contributed by atoms with E-state index in [0.29, 0.717) is 35.0 Å². The minimum Gasteiger partial charge on any atom is -0.494 e. The molecule has 172 valence electrons. The summed E-state index contributed by atoms with van der Waals surface area (Å²) in [6, 6.07) is 22.8. The molecule has 0 heterocycles. The van der Waals surface area contributed by atoms with Crippen LogP contribution in [-0.2, 0) is 9.59 Å². The van der Waals surface area contributed by atoms with Gasteiger partial charge in [0.15, 0.2) is 6.61 Å². The van der Waals surface area contributed by atoms with Crippen molar-refractivity contribution < 1.29 is 19.1 Å². The van der Waals surface area contributed by atoms with Gasteiger partial charge in [-0.3, -0.25) is 9.59 Å². The Morgan fingerprint density at radius 2 is 1.68 bits per heavy atom. The Balaban J connectivity index is 1.57. The molecule has 3 aromatic carbocycles. The molecule has 3 aromatic rings. The van der Waals surface area contributed by atoms with Crippen LogP contribution >= 0.6 is 15.9 Å². The second-order valence-corrected chi connectivity index (χ2v) is 7.91. The number of carbonyl (C=O) groups is 2. The molecule has 0 unspecified atom stereocenters. The SMILES string of the molecule is CCOc1cccc(NC(=O)/C(C#N)=C/c2ccc(OCC(=O)Nc3ccc(Br)cc3)cc2)c1. The molecule has 0 aliphatic heterocycles. The van der Waals surface area contributed by atoms with E-state index in [9.17, 15) is 14.9 Å². The number of nitriles is 1. The number of amides is 2. The van der Waals surface area contributed by atoms with Crippen LogP contribution in [0.5, 0.6) is 11.5 Å². The molecule has 0 radical (unpaired) electrons. The number of carbonyl (C=O) groups excluding carboxylic acids is 2. The summed E-state index contributed by atoms with van der Waals surface area (Å²) in [7, 11) is 0. The zero-order valence-electron chi connectivity index (χ0n) is 18.4. The molecule has 0 bridgehead atoms. The second-order valence-electron chi connectivity index (χ2n) is 7.00. The number of benzene rings is 3. The van der Waals surface area contributed by atoms with Crippen molar-refractivity contribution in [1.82, 2.24) is 0 Å². The molecule has 0 saturated heterocycles. The topological polar surface area (TPSA) is 100 Å². The highest BCUT2D eigenvalue weighted by Gasteiger charge is 2.10. The van der Waals surface area contributed by atoms with Crippen molar-refractivity contribution in [3.63, 3.8) is 0 Å². The van der Waals surface area contributed by atoms with E-state index in [2.05, 4.69) is 26.6 Å². The van der Waals surface area contributed by atoms with Gasteiger partial charge in [0, 0.05) is 21.9 Å². The summed E-state index contributed by atoms with van der Waals surface area (Å²) in [6.07, 6.45) is 1.48. The average Bonchev–Trinajstić information content (AvgIpc) is 2.84. The zero-order chi connectivity index (χ0) is 24.3. The van der Waals surface area contributed by atoms with Gasteiger partial charge in [-0.1, -0.05) is 34.1 Å². The lowest BCUT2D eigenvalue weighted by Crippen LogP contribution is -2.20. The number of anilines is 2. The van der Waals surface area contributed by atoms with Crippen molar-refractivity contribution in [3.05, 3.63) is 88.4 Å². The number of ether oxygens (including phenoxy) is 2. The van der Waals surface area contributed by atoms with Crippen LogP contribution in [0, 0.1) is 11.3 Å². The zero-order valence-corrected chi connectivity index (χ0v) is 20.0. The number of nitrogens with zero attached hydrogens (tertiary/aromatic N) is 1. The lowest BCUT2D eigenvalue weighted by Gasteiger charge is -2.08. The number of rotatable bonds is 9. The molecule has 8 heteroatoms. The standard InChI is InChI=1S/C26H22BrN3O4/c1-2-33-24-5-3-4-22(15-24)30-26(32)19(16-28)14-18-6-12-23(13-7-18)34-17-25(31)29-21-10-8-20(27)9-11-21/h3-15H,2,17H2,1H3,(H,29,31)(H,30,32)/b19-14+. The van der Waals surface area contributed by atoms with Crippen LogP contribution in [0.3, 0.4) is 0 Å². The molecule has 0 aliphatic carbocycles. The second kappa shape index (κ2) is 12.2. The first-order valence-corrected chi connectivity index (χ1v) is 11.2. The van der Waals surface area contributed by atoms with Gasteiger partial charge in [0.1, 0.15) is 23.1 Å². The molecule has 0 spiro atoms. The van der Waals surface area contributed by atoms with E-state index >= 15 is 0 Å². The molecule has 7 nitrogen and oxygen atoms in total. The van der Waals surface area contributed by atoms with E-state index < -0.39 is 5.91 Å². The van der Waals surface area contributed by atoms with Crippen LogP contribution in [0.4, 0.5) is 11.4 Å². The van der Waals surface area contributed by atoms with Gasteiger partial charge in [0.25, 0.3) is 11.8 Å². The van der Waals surface area contributed by atoms with Crippen LogP contribution in [0.15, 0.2) is 82.8 Å². The summed E-state index contributed by atoms with van der Waals surface area (Å²) >= 11 is 3.34. The smallest absolute Gasteiger partial charge is 0.266 e. The summed E-state index contributed by atoms with van der Waals surface area (Å²) in [5, 5.41) is 14.9. The number of hydrogen-bond donors (Lipinski definition) is 2. The molecule has 0 saturated carbocycles. The lowest BCUT2D eigenvalue weighted by atomic mass is 10.1. The minimum absolute atomic E-state index is 0.0515. The van der Waals surface area contributed by atoms with Gasteiger partial charge in [0.05, 0.1) is 6.61 Å². The molecule has 0 atom stereocenters. The molecule has 3 rings (SSSR count). The molecule has 2 amide bonds. The van der Waals surface area contributed by atoms with Gasteiger partial charge in [-0.05, 0) is 67.1 Å². The van der Waals surface area contributed by atoms with E-state index in [1.807, 2.05) is 25.1 Å². The van der Waals surface area contributed by atoms with E-state index in [0.717, 1.165) is 4.47 Å². The van der Waals surface area contributed by atoms with Gasteiger partial charge in [-0.15, -0.1) is 0 Å². The Morgan fingerprint density at radius 3 is 2.35 bits per heavy atom. The van der Waals surface area contributed by atoms with E-state index in [-0.39, 0.29) is 18.1 Å². The first-order chi connectivity index (χ1) is 16.5. The fraction of sp³-hybridized carbons (Fsp3) is 0.115. The molecule has 34 heavy (non-hydrogen) atoms. The fourth-order valence-corrected chi connectivity index (χ4v) is 3.15. The highest BCUT2D eigenvalue weighted by molar-refractivity contribution is 9.10. The highest BCUT2D eigenvalue weighted by atomic mass is 79.9. The summed E-state index contributed by atoms with van der Waals surface area (Å²) in [5.41, 5.74) is 1.79. The van der Waals surface area contributed by atoms with E-state index in [1.165, 1.54) is 6.08 Å². The van der Waals surface area contributed by atoms with E-state index in [4.69, 9.17) is 9.47 Å². The quantitative estimate of drug-likeness (QED) is 0.290. The maximum Gasteiger partial charge on any atom is 0.266 e. The third kappa shape index (κ3) is 7.50. The van der Waals surface area contributed by atoms with Crippen LogP contribution < -0.4 is 20.1 Å². The maximum atomic E-state index is 12.5. The number of halogens is 1. The molecule has 0 aliphatic rings. The first kappa shape index (κ1) is 24.6. The Hall–Kier alpha value is -4.09. The Labute approximate surface area is 206 Å². The largest absolute Gasteiger partial charge is 0.494 e. The molecule has 2 N–H and O–H groups in total. The van der Waals surface area contributed by atoms with Crippen molar-refractivity contribution in [2.45, 2.75) is 6.92 Å². The number of nitrogens with one attached hydrogen (secondary N) is 2. The Bertz CT molecular complexity index is 1220. The van der Waals surface area contributed by atoms with Crippen LogP contribution in [0.25, 0.3) is 6.08 Å². The maximum absolute atomic E-state index is 12.5. The van der Waals surface area contributed by atoms with Crippen molar-refractivity contribution in [2.75, 3.05) is 23.8 Å². The summed E-state index contributed by atoms with van der Waals surface area (Å²) in [5.74, 6) is 0.298. The van der Waals surface area contributed by atoms with Gasteiger partial charge in [-0.25, -0.2) is 0 Å². The monoisotopic (exact) mass is 519 g/mol. The lowest BCUT2D eigenvalue weighted by molar-refractivity contribution is -0.118. The Morgan fingerprint density at radius 1 is 0.941 bits per heavy atom. The molecule has 0 aromatic heterocycles. The van der Waals surface area contributed by atoms with Crippen LogP contribution in [-0.4, -0.2) is 25.0 Å². The highest BCUT2D eigenvalue weighted by Crippen LogP contribution is 2.19. The van der Waals surface area contributed by atoms with Crippen molar-refractivity contribution in [1.29, 1.82) is 5.26 Å². The predicted molar refractivity (Wildman–Crippen MR) is 135 cm³/mol. The van der Waals surface area contributed by atoms with Crippen molar-refractivity contribution >= 4 is 45.2 Å². The summed E-state index contributed by atoms with van der Waals surface area (Å²) in [6.45, 7) is 2.23. The Kier molecular flexibility index (Phi) is 8.83. The van der Waals surface area contributed by atoms with Gasteiger partial charge in [-0.2, -0.15) is 5.26 Å². The summed E-state index contributed by atoms with van der Waals surface area (Å²) in [4.78, 5) is 24.6. The minimum atomic E-state index is -0.527. The van der Waals surface area contributed by atoms with Gasteiger partial charge < -0.3 is 20.1 Å². The van der Waals surface area contributed by atoms with Crippen molar-refractivity contribution in [3.8, 4) is 17.6 Å². The normalized spacial score (nSPS) is 10.7. The van der Waals surface area contributed by atoms with Gasteiger partial charge in [0.2, 0.25) is 0 Å². The predicted octanol–water partition coefficient (Wildman–Crippen LogP) is 5.41. The van der Waals surface area contributed by atoms with Crippen molar-refractivity contribution in [2.24, 2.45) is 0 Å². The third-order valence-electron chi connectivity index (χ3n) is 4.46.